The molecule has 20 heavy (non-hydrogen) atoms. The van der Waals surface area contributed by atoms with Crippen LogP contribution in [0.4, 0.5) is 5.82 Å². The van der Waals surface area contributed by atoms with E-state index < -0.39 is 0 Å². The van der Waals surface area contributed by atoms with Crippen molar-refractivity contribution in [2.75, 3.05) is 32.1 Å². The van der Waals surface area contributed by atoms with Crippen LogP contribution in [0.15, 0.2) is 16.7 Å². The molecule has 0 spiro atoms. The third kappa shape index (κ3) is 3.91. The van der Waals surface area contributed by atoms with Crippen LogP contribution >= 0.6 is 15.9 Å². The first-order valence-corrected chi connectivity index (χ1v) is 7.48. The Morgan fingerprint density at radius 2 is 2.25 bits per heavy atom. The number of aromatic nitrogens is 1. The molecule has 7 heteroatoms. The summed E-state index contributed by atoms with van der Waals surface area (Å²) in [6.45, 7) is 2.88. The van der Waals surface area contributed by atoms with Crippen LogP contribution in [-0.2, 0) is 0 Å². The van der Waals surface area contributed by atoms with Gasteiger partial charge in [0.15, 0.2) is 5.82 Å². The number of nitrogen functional groups attached to an aromatic ring is 1. The highest BCUT2D eigenvalue weighted by molar-refractivity contribution is 9.10. The molecule has 0 atom stereocenters. The van der Waals surface area contributed by atoms with Crippen LogP contribution in [0.2, 0.25) is 0 Å². The molecule has 1 aromatic heterocycles. The first kappa shape index (κ1) is 15.2. The molecule has 0 aliphatic carbocycles. The molecule has 1 saturated heterocycles. The lowest BCUT2D eigenvalue weighted by molar-refractivity contribution is 0.0939. The van der Waals surface area contributed by atoms with Crippen molar-refractivity contribution in [1.82, 2.24) is 15.2 Å². The Morgan fingerprint density at radius 1 is 1.55 bits per heavy atom. The Morgan fingerprint density at radius 3 is 2.90 bits per heavy atom. The van der Waals surface area contributed by atoms with E-state index in [1.807, 2.05) is 0 Å². The van der Waals surface area contributed by atoms with E-state index in [1.54, 1.807) is 12.3 Å². The van der Waals surface area contributed by atoms with Gasteiger partial charge in [0.2, 0.25) is 0 Å². The van der Waals surface area contributed by atoms with Crippen molar-refractivity contribution in [3.8, 4) is 0 Å². The molecule has 110 valence electrons. The van der Waals surface area contributed by atoms with Crippen molar-refractivity contribution in [1.29, 1.82) is 0 Å². The van der Waals surface area contributed by atoms with Gasteiger partial charge in [-0.15, -0.1) is 0 Å². The molecular weight excluding hydrogens is 322 g/mol. The summed E-state index contributed by atoms with van der Waals surface area (Å²) in [7, 11) is 2.13. The lowest BCUT2D eigenvalue weighted by atomic mass is 9.97. The Kier molecular flexibility index (Phi) is 5.33. The number of carbonyl (C=O) groups excluding carboxylic acids is 1. The summed E-state index contributed by atoms with van der Waals surface area (Å²) in [5.74, 6) is 6.16. The minimum Gasteiger partial charge on any atom is -0.352 e. The third-order valence-corrected chi connectivity index (χ3v) is 4.06. The van der Waals surface area contributed by atoms with Gasteiger partial charge in [0.1, 0.15) is 0 Å². The normalized spacial score (nSPS) is 16.9. The number of rotatable bonds is 4. The molecule has 1 aliphatic rings. The Hall–Kier alpha value is -1.18. The second kappa shape index (κ2) is 7.01. The van der Waals surface area contributed by atoms with Crippen molar-refractivity contribution in [2.24, 2.45) is 11.8 Å². The summed E-state index contributed by atoms with van der Waals surface area (Å²) < 4.78 is 0.751. The average Bonchev–Trinajstić information content (AvgIpc) is 2.46. The maximum atomic E-state index is 12.2. The van der Waals surface area contributed by atoms with E-state index in [9.17, 15) is 4.79 Å². The van der Waals surface area contributed by atoms with E-state index in [-0.39, 0.29) is 5.91 Å². The van der Waals surface area contributed by atoms with Gasteiger partial charge >= 0.3 is 0 Å². The SMILES string of the molecule is CN1CCC(CNC(=O)c2cc(Br)cnc2NN)CC1. The maximum Gasteiger partial charge on any atom is 0.255 e. The molecule has 1 aromatic rings. The van der Waals surface area contributed by atoms with Crippen LogP contribution in [0.5, 0.6) is 0 Å². The van der Waals surface area contributed by atoms with E-state index in [0.717, 1.165) is 30.4 Å². The Bertz CT molecular complexity index is 474. The number of nitrogens with one attached hydrogen (secondary N) is 2. The zero-order valence-electron chi connectivity index (χ0n) is 11.5. The molecule has 1 amide bonds. The number of piperidine rings is 1. The van der Waals surface area contributed by atoms with E-state index in [2.05, 4.69) is 43.6 Å². The summed E-state index contributed by atoms with van der Waals surface area (Å²) in [4.78, 5) is 18.6. The Labute approximate surface area is 127 Å². The molecule has 0 saturated carbocycles. The Balaban J connectivity index is 1.93. The number of amides is 1. The highest BCUT2D eigenvalue weighted by Gasteiger charge is 2.19. The standard InChI is InChI=1S/C13H20BrN5O/c1-19-4-2-9(3-5-19)7-17-13(20)11-6-10(14)8-16-12(11)18-15/h6,8-9H,2-5,7,15H2,1H3,(H,16,18)(H,17,20). The lowest BCUT2D eigenvalue weighted by Crippen LogP contribution is -2.37. The van der Waals surface area contributed by atoms with Gasteiger partial charge < -0.3 is 15.6 Å². The molecule has 6 nitrogen and oxygen atoms in total. The molecule has 0 radical (unpaired) electrons. The molecule has 2 rings (SSSR count). The zero-order valence-corrected chi connectivity index (χ0v) is 13.1. The summed E-state index contributed by atoms with van der Waals surface area (Å²) in [6, 6.07) is 1.71. The predicted octanol–water partition coefficient (Wildman–Crippen LogP) is 1.20. The van der Waals surface area contributed by atoms with Gasteiger partial charge in [-0.05, 0) is 60.9 Å². The highest BCUT2D eigenvalue weighted by Crippen LogP contribution is 2.18. The summed E-state index contributed by atoms with van der Waals surface area (Å²) in [5, 5.41) is 2.97. The number of nitrogens with two attached hydrogens (primary N) is 1. The number of carbonyl (C=O) groups is 1. The van der Waals surface area contributed by atoms with Crippen LogP contribution < -0.4 is 16.6 Å². The molecule has 4 N–H and O–H groups in total. The summed E-state index contributed by atoms with van der Waals surface area (Å²) in [5.41, 5.74) is 2.90. The number of hydrogen-bond donors (Lipinski definition) is 3. The number of anilines is 1. The quantitative estimate of drug-likeness (QED) is 0.566. The first-order chi connectivity index (χ1) is 9.60. The second-order valence-corrected chi connectivity index (χ2v) is 6.07. The van der Waals surface area contributed by atoms with E-state index in [0.29, 0.717) is 23.8 Å². The molecule has 1 fully saturated rings. The van der Waals surface area contributed by atoms with E-state index >= 15 is 0 Å². The van der Waals surface area contributed by atoms with Gasteiger partial charge in [0.05, 0.1) is 5.56 Å². The number of nitrogens with zero attached hydrogens (tertiary/aromatic N) is 2. The topological polar surface area (TPSA) is 83.3 Å². The smallest absolute Gasteiger partial charge is 0.255 e. The molecular formula is C13H20BrN5O. The number of hydrazine groups is 1. The lowest BCUT2D eigenvalue weighted by Gasteiger charge is -2.29. The van der Waals surface area contributed by atoms with Crippen LogP contribution in [0.3, 0.4) is 0 Å². The summed E-state index contributed by atoms with van der Waals surface area (Å²) >= 11 is 3.31. The van der Waals surface area contributed by atoms with Gasteiger partial charge in [-0.2, -0.15) is 0 Å². The van der Waals surface area contributed by atoms with Crippen molar-refractivity contribution >= 4 is 27.7 Å². The minimum atomic E-state index is -0.148. The fourth-order valence-electron chi connectivity index (χ4n) is 2.33. The fourth-order valence-corrected chi connectivity index (χ4v) is 2.66. The number of hydrogen-bond acceptors (Lipinski definition) is 5. The largest absolute Gasteiger partial charge is 0.352 e. The van der Waals surface area contributed by atoms with Crippen LogP contribution in [0, 0.1) is 5.92 Å². The third-order valence-electron chi connectivity index (χ3n) is 3.63. The van der Waals surface area contributed by atoms with Crippen LogP contribution in [0.1, 0.15) is 23.2 Å². The van der Waals surface area contributed by atoms with E-state index in [1.165, 1.54) is 0 Å². The fraction of sp³-hybridized carbons (Fsp3) is 0.538. The number of pyridine rings is 1. The van der Waals surface area contributed by atoms with Gasteiger partial charge in [0.25, 0.3) is 5.91 Å². The number of likely N-dealkylation sites (tertiary alicyclic amines) is 1. The summed E-state index contributed by atoms with van der Waals surface area (Å²) in [6.07, 6.45) is 3.84. The molecule has 2 heterocycles. The number of halogens is 1. The van der Waals surface area contributed by atoms with Crippen molar-refractivity contribution in [2.45, 2.75) is 12.8 Å². The minimum absolute atomic E-state index is 0.148. The van der Waals surface area contributed by atoms with Crippen LogP contribution in [0.25, 0.3) is 0 Å². The van der Waals surface area contributed by atoms with E-state index in [4.69, 9.17) is 5.84 Å². The van der Waals surface area contributed by atoms with Gasteiger partial charge in [-0.25, -0.2) is 10.8 Å². The molecule has 1 aliphatic heterocycles. The van der Waals surface area contributed by atoms with Gasteiger partial charge in [-0.3, -0.25) is 4.79 Å². The van der Waals surface area contributed by atoms with Crippen molar-refractivity contribution in [3.63, 3.8) is 0 Å². The first-order valence-electron chi connectivity index (χ1n) is 6.69. The monoisotopic (exact) mass is 341 g/mol. The van der Waals surface area contributed by atoms with Crippen LogP contribution in [-0.4, -0.2) is 42.5 Å². The zero-order chi connectivity index (χ0) is 14.5. The van der Waals surface area contributed by atoms with Crippen molar-refractivity contribution < 1.29 is 4.79 Å². The van der Waals surface area contributed by atoms with Gasteiger partial charge in [0, 0.05) is 17.2 Å². The van der Waals surface area contributed by atoms with Gasteiger partial charge in [-0.1, -0.05) is 0 Å². The maximum absolute atomic E-state index is 12.2. The highest BCUT2D eigenvalue weighted by atomic mass is 79.9. The van der Waals surface area contributed by atoms with Crippen molar-refractivity contribution in [3.05, 3.63) is 22.3 Å². The average molecular weight is 342 g/mol. The molecule has 0 bridgehead atoms. The molecule has 0 aromatic carbocycles. The molecule has 0 unspecified atom stereocenters. The predicted molar refractivity (Wildman–Crippen MR) is 82.3 cm³/mol. The second-order valence-electron chi connectivity index (χ2n) is 5.15.